The molecule has 2 aromatic rings. The van der Waals surface area contributed by atoms with E-state index in [0.717, 1.165) is 36.9 Å². The van der Waals surface area contributed by atoms with Crippen molar-refractivity contribution in [1.82, 2.24) is 4.72 Å². The molecule has 2 saturated carbocycles. The highest BCUT2D eigenvalue weighted by Gasteiger charge is 2.53. The lowest BCUT2D eigenvalue weighted by Crippen LogP contribution is -2.41. The van der Waals surface area contributed by atoms with Gasteiger partial charge in [-0.05, 0) is 114 Å². The lowest BCUT2D eigenvalue weighted by molar-refractivity contribution is 0.0980. The summed E-state index contributed by atoms with van der Waals surface area (Å²) in [5.74, 6) is -0.282. The Labute approximate surface area is 226 Å². The smallest absolute Gasteiger partial charge is 0.258 e. The van der Waals surface area contributed by atoms with E-state index in [4.69, 9.17) is 0 Å². The van der Waals surface area contributed by atoms with Gasteiger partial charge in [0.25, 0.3) is 5.91 Å². The fourth-order valence-corrected chi connectivity index (χ4v) is 8.04. The summed E-state index contributed by atoms with van der Waals surface area (Å²) in [4.78, 5) is 15.7. The van der Waals surface area contributed by atoms with Gasteiger partial charge in [-0.25, -0.2) is 21.6 Å². The minimum absolute atomic E-state index is 0.0221. The zero-order valence-corrected chi connectivity index (χ0v) is 24.1. The van der Waals surface area contributed by atoms with Crippen LogP contribution in [0, 0.1) is 5.41 Å². The number of carbonyl (C=O) groups excluding carboxylic acids is 1. The van der Waals surface area contributed by atoms with E-state index >= 15 is 0 Å². The van der Waals surface area contributed by atoms with Crippen molar-refractivity contribution in [3.05, 3.63) is 53.6 Å². The maximum absolute atomic E-state index is 13.9. The summed E-state index contributed by atoms with van der Waals surface area (Å²) in [6.07, 6.45) is 6.62. The predicted molar refractivity (Wildman–Crippen MR) is 150 cm³/mol. The van der Waals surface area contributed by atoms with Crippen LogP contribution in [0.4, 0.5) is 11.4 Å². The van der Waals surface area contributed by atoms with Crippen LogP contribution in [0.5, 0.6) is 0 Å². The number of nitrogens with zero attached hydrogens (tertiary/aromatic N) is 1. The molecular formula is C28H37N3O5S2. The van der Waals surface area contributed by atoms with E-state index in [1.807, 2.05) is 12.1 Å². The Morgan fingerprint density at radius 2 is 1.61 bits per heavy atom. The quantitative estimate of drug-likeness (QED) is 0.529. The number of anilines is 2. The Morgan fingerprint density at radius 1 is 0.947 bits per heavy atom. The van der Waals surface area contributed by atoms with Gasteiger partial charge in [0.05, 0.1) is 10.6 Å². The van der Waals surface area contributed by atoms with E-state index in [0.29, 0.717) is 23.2 Å². The molecular weight excluding hydrogens is 522 g/mol. The molecule has 5 rings (SSSR count). The SMILES string of the molecule is CCS(=O)(=O)Nc1ccc2c(c1)C1(CCC3(CC3)CC1)CN2C(=O)c1cccc(S(=O)(=O)NC(C)(C)C)c1. The Hall–Kier alpha value is -2.43. The summed E-state index contributed by atoms with van der Waals surface area (Å²) in [6, 6.07) is 11.6. The summed E-state index contributed by atoms with van der Waals surface area (Å²) in [7, 11) is -7.24. The van der Waals surface area contributed by atoms with Crippen LogP contribution in [0.15, 0.2) is 47.4 Å². The van der Waals surface area contributed by atoms with Crippen LogP contribution in [-0.2, 0) is 25.5 Å². The third kappa shape index (κ3) is 5.22. The molecule has 1 heterocycles. The molecule has 1 aliphatic heterocycles. The molecule has 0 bridgehead atoms. The molecule has 8 nitrogen and oxygen atoms in total. The Bertz CT molecular complexity index is 1480. The van der Waals surface area contributed by atoms with Gasteiger partial charge in [-0.2, -0.15) is 0 Å². The third-order valence-electron chi connectivity index (χ3n) is 8.27. The average molecular weight is 560 g/mol. The van der Waals surface area contributed by atoms with Gasteiger partial charge in [0.2, 0.25) is 20.0 Å². The highest BCUT2D eigenvalue weighted by atomic mass is 32.2. The molecule has 10 heteroatoms. The van der Waals surface area contributed by atoms with Crippen molar-refractivity contribution < 1.29 is 21.6 Å². The first kappa shape index (κ1) is 27.1. The second-order valence-corrected chi connectivity index (χ2v) is 16.0. The van der Waals surface area contributed by atoms with Crippen LogP contribution in [-0.4, -0.2) is 40.6 Å². The van der Waals surface area contributed by atoms with Gasteiger partial charge >= 0.3 is 0 Å². The lowest BCUT2D eigenvalue weighted by Gasteiger charge is -2.38. The average Bonchev–Trinajstić information content (AvgIpc) is 3.54. The van der Waals surface area contributed by atoms with Crippen LogP contribution in [0.3, 0.4) is 0 Å². The molecule has 0 saturated heterocycles. The number of amides is 1. The summed E-state index contributed by atoms with van der Waals surface area (Å²) in [6.45, 7) is 7.40. The fourth-order valence-electron chi connectivity index (χ4n) is 5.94. The monoisotopic (exact) mass is 559 g/mol. The van der Waals surface area contributed by atoms with Crippen molar-refractivity contribution in [2.75, 3.05) is 21.9 Å². The van der Waals surface area contributed by atoms with Crippen LogP contribution in [0.25, 0.3) is 0 Å². The predicted octanol–water partition coefficient (Wildman–Crippen LogP) is 4.78. The number of carbonyl (C=O) groups is 1. The third-order valence-corrected chi connectivity index (χ3v) is 11.3. The molecule has 3 aliphatic rings. The van der Waals surface area contributed by atoms with Gasteiger partial charge in [-0.1, -0.05) is 6.07 Å². The number of hydrogen-bond acceptors (Lipinski definition) is 5. The van der Waals surface area contributed by atoms with Gasteiger partial charge in [-0.3, -0.25) is 9.52 Å². The van der Waals surface area contributed by atoms with Crippen LogP contribution in [0.1, 0.15) is 82.1 Å². The van der Waals surface area contributed by atoms with Crippen molar-refractivity contribution in [2.24, 2.45) is 5.41 Å². The first-order chi connectivity index (χ1) is 17.7. The maximum atomic E-state index is 13.9. The molecule has 38 heavy (non-hydrogen) atoms. The Kier molecular flexibility index (Phi) is 6.47. The highest BCUT2D eigenvalue weighted by Crippen LogP contribution is 2.62. The molecule has 0 aromatic heterocycles. The molecule has 206 valence electrons. The van der Waals surface area contributed by atoms with E-state index < -0.39 is 25.6 Å². The van der Waals surface area contributed by atoms with Crippen LogP contribution < -0.4 is 14.3 Å². The number of nitrogens with one attached hydrogen (secondary N) is 2. The minimum Gasteiger partial charge on any atom is -0.307 e. The van der Waals surface area contributed by atoms with Gasteiger partial charge in [-0.15, -0.1) is 0 Å². The van der Waals surface area contributed by atoms with Crippen LogP contribution in [0.2, 0.25) is 0 Å². The number of sulfonamides is 2. The van der Waals surface area contributed by atoms with Gasteiger partial charge < -0.3 is 4.90 Å². The molecule has 2 aromatic carbocycles. The lowest BCUT2D eigenvalue weighted by atomic mass is 9.66. The first-order valence-corrected chi connectivity index (χ1v) is 16.4. The largest absolute Gasteiger partial charge is 0.307 e. The molecule has 0 atom stereocenters. The first-order valence-electron chi connectivity index (χ1n) is 13.3. The van der Waals surface area contributed by atoms with Crippen molar-refractivity contribution in [3.8, 4) is 0 Å². The summed E-state index contributed by atoms with van der Waals surface area (Å²) in [5.41, 5.74) is 2.12. The molecule has 2 aliphatic carbocycles. The van der Waals surface area contributed by atoms with E-state index in [2.05, 4.69) is 9.44 Å². The fraction of sp³-hybridized carbons (Fsp3) is 0.536. The number of rotatable bonds is 6. The topological polar surface area (TPSA) is 113 Å². The second kappa shape index (κ2) is 9.06. The summed E-state index contributed by atoms with van der Waals surface area (Å²) >= 11 is 0. The minimum atomic E-state index is -3.80. The summed E-state index contributed by atoms with van der Waals surface area (Å²) in [5, 5.41) is 0. The molecule has 2 N–H and O–H groups in total. The Morgan fingerprint density at radius 3 is 2.21 bits per heavy atom. The van der Waals surface area contributed by atoms with Crippen LogP contribution >= 0.6 is 0 Å². The van der Waals surface area contributed by atoms with Crippen molar-refractivity contribution >= 4 is 37.3 Å². The van der Waals surface area contributed by atoms with Gasteiger partial charge in [0.1, 0.15) is 0 Å². The number of hydrogen-bond donors (Lipinski definition) is 2. The van der Waals surface area contributed by atoms with Crippen molar-refractivity contribution in [1.29, 1.82) is 0 Å². The summed E-state index contributed by atoms with van der Waals surface area (Å²) < 4.78 is 55.7. The van der Waals surface area contributed by atoms with E-state index in [-0.39, 0.29) is 22.0 Å². The zero-order valence-electron chi connectivity index (χ0n) is 22.5. The van der Waals surface area contributed by atoms with Crippen molar-refractivity contribution in [2.45, 2.75) is 82.1 Å². The standard InChI is InChI=1S/C28H37N3O5S2/c1-5-37(33,34)29-21-9-10-24-23(18-21)28(15-13-27(11-12-27)14-16-28)19-31(24)25(32)20-7-6-8-22(17-20)38(35,36)30-26(2,3)4/h6-10,17-18,29-30H,5,11-16,19H2,1-4H3. The molecule has 0 unspecified atom stereocenters. The normalized spacial score (nSPS) is 19.9. The van der Waals surface area contributed by atoms with E-state index in [1.165, 1.54) is 25.0 Å². The number of benzene rings is 2. The highest BCUT2D eigenvalue weighted by molar-refractivity contribution is 7.92. The number of fused-ring (bicyclic) bond motifs is 2. The Balaban J connectivity index is 1.50. The van der Waals surface area contributed by atoms with E-state index in [1.54, 1.807) is 50.8 Å². The zero-order chi connectivity index (χ0) is 27.6. The van der Waals surface area contributed by atoms with E-state index in [9.17, 15) is 21.6 Å². The van der Waals surface area contributed by atoms with Crippen molar-refractivity contribution in [3.63, 3.8) is 0 Å². The molecule has 0 radical (unpaired) electrons. The molecule has 1 amide bonds. The molecule has 2 fully saturated rings. The second-order valence-electron chi connectivity index (χ2n) is 12.3. The van der Waals surface area contributed by atoms with Gasteiger partial charge in [0.15, 0.2) is 0 Å². The maximum Gasteiger partial charge on any atom is 0.258 e. The van der Waals surface area contributed by atoms with Gasteiger partial charge in [0, 0.05) is 34.4 Å². The molecule has 2 spiro atoms.